The number of nitrogens with one attached hydrogen (secondary N) is 1. The molecule has 0 aliphatic carbocycles. The molecule has 0 radical (unpaired) electrons. The van der Waals surface area contributed by atoms with Crippen molar-refractivity contribution in [3.63, 3.8) is 0 Å². The van der Waals surface area contributed by atoms with Crippen LogP contribution in [0.15, 0.2) is 53.5 Å². The van der Waals surface area contributed by atoms with E-state index in [-0.39, 0.29) is 11.2 Å². The van der Waals surface area contributed by atoms with Gasteiger partial charge in [0.1, 0.15) is 5.69 Å². The van der Waals surface area contributed by atoms with Gasteiger partial charge in [-0.25, -0.2) is 4.98 Å². The fraction of sp³-hybridized carbons (Fsp3) is 0.200. The van der Waals surface area contributed by atoms with Crippen molar-refractivity contribution in [2.24, 2.45) is 5.73 Å². The number of H-pyrrole nitrogens is 1. The van der Waals surface area contributed by atoms with Crippen molar-refractivity contribution < 1.29 is 13.2 Å². The van der Waals surface area contributed by atoms with Crippen LogP contribution in [0.2, 0.25) is 0 Å². The third-order valence-corrected chi connectivity index (χ3v) is 4.67. The standard InChI is InChI=1S/C20H17F3N4O/c21-20(22,23)12-6-7-15-16(10-12)26-19(28)18(25-15)14-11-27(9-3-8-24)17-5-2-1-4-13(14)17/h1-2,4-7,10-11H,3,8-9,24H2,(H,26,28). The summed E-state index contributed by atoms with van der Waals surface area (Å²) in [5.74, 6) is 0. The van der Waals surface area contributed by atoms with Gasteiger partial charge in [0.05, 0.1) is 16.6 Å². The molecule has 0 atom stereocenters. The van der Waals surface area contributed by atoms with E-state index in [4.69, 9.17) is 5.73 Å². The number of benzene rings is 2. The summed E-state index contributed by atoms with van der Waals surface area (Å²) in [5, 5.41) is 0.851. The van der Waals surface area contributed by atoms with E-state index in [1.54, 1.807) is 0 Å². The number of hydrogen-bond acceptors (Lipinski definition) is 3. The highest BCUT2D eigenvalue weighted by molar-refractivity contribution is 5.95. The SMILES string of the molecule is NCCCn1cc(-c2nc3ccc(C(F)(F)F)cc3[nH]c2=O)c2ccccc21. The first-order chi connectivity index (χ1) is 13.4. The lowest BCUT2D eigenvalue weighted by Gasteiger charge is -2.08. The number of aromatic amines is 1. The third kappa shape index (κ3) is 3.16. The molecule has 2 aromatic carbocycles. The van der Waals surface area contributed by atoms with Gasteiger partial charge in [-0.3, -0.25) is 4.79 Å². The third-order valence-electron chi connectivity index (χ3n) is 4.67. The molecular weight excluding hydrogens is 369 g/mol. The maximum atomic E-state index is 12.9. The number of nitrogens with two attached hydrogens (primary N) is 1. The average Bonchev–Trinajstić information content (AvgIpc) is 3.03. The highest BCUT2D eigenvalue weighted by Crippen LogP contribution is 2.32. The zero-order valence-electron chi connectivity index (χ0n) is 14.8. The number of nitrogens with zero attached hydrogens (tertiary/aromatic N) is 2. The van der Waals surface area contributed by atoms with Crippen LogP contribution in [0.5, 0.6) is 0 Å². The van der Waals surface area contributed by atoms with Gasteiger partial charge in [-0.05, 0) is 37.2 Å². The summed E-state index contributed by atoms with van der Waals surface area (Å²) in [6.07, 6.45) is -1.87. The Kier molecular flexibility index (Phi) is 4.43. The molecule has 0 saturated heterocycles. The van der Waals surface area contributed by atoms with Crippen LogP contribution in [0, 0.1) is 0 Å². The number of aromatic nitrogens is 3. The predicted octanol–water partition coefficient (Wildman–Crippen LogP) is 3.91. The van der Waals surface area contributed by atoms with Crippen molar-refractivity contribution in [2.75, 3.05) is 6.54 Å². The lowest BCUT2D eigenvalue weighted by atomic mass is 10.1. The summed E-state index contributed by atoms with van der Waals surface area (Å²) in [7, 11) is 0. The van der Waals surface area contributed by atoms with Crippen LogP contribution in [0.3, 0.4) is 0 Å². The Hall–Kier alpha value is -3.13. The van der Waals surface area contributed by atoms with Gasteiger partial charge in [0.2, 0.25) is 0 Å². The van der Waals surface area contributed by atoms with E-state index in [0.717, 1.165) is 29.5 Å². The minimum absolute atomic E-state index is 0.0513. The fourth-order valence-corrected chi connectivity index (χ4v) is 3.33. The molecular formula is C20H17F3N4O. The Morgan fingerprint density at radius 1 is 1.14 bits per heavy atom. The second-order valence-electron chi connectivity index (χ2n) is 6.54. The van der Waals surface area contributed by atoms with Crippen LogP contribution < -0.4 is 11.3 Å². The number of fused-ring (bicyclic) bond motifs is 2. The van der Waals surface area contributed by atoms with E-state index in [1.807, 2.05) is 35.0 Å². The molecule has 0 amide bonds. The van der Waals surface area contributed by atoms with E-state index in [1.165, 1.54) is 6.07 Å². The molecule has 4 aromatic rings. The maximum Gasteiger partial charge on any atom is 0.416 e. The number of aryl methyl sites for hydroxylation is 1. The Labute approximate surface area is 157 Å². The summed E-state index contributed by atoms with van der Waals surface area (Å²) < 4.78 is 40.8. The first kappa shape index (κ1) is 18.2. The number of para-hydroxylation sites is 1. The van der Waals surface area contributed by atoms with Crippen molar-refractivity contribution in [1.82, 2.24) is 14.5 Å². The first-order valence-electron chi connectivity index (χ1n) is 8.78. The molecule has 5 nitrogen and oxygen atoms in total. The van der Waals surface area contributed by atoms with Crippen LogP contribution in [0.4, 0.5) is 13.2 Å². The number of halogens is 3. The maximum absolute atomic E-state index is 12.9. The van der Waals surface area contributed by atoms with E-state index >= 15 is 0 Å². The van der Waals surface area contributed by atoms with Crippen LogP contribution in [-0.4, -0.2) is 21.1 Å². The van der Waals surface area contributed by atoms with Crippen molar-refractivity contribution in [3.05, 3.63) is 64.6 Å². The smallest absolute Gasteiger partial charge is 0.347 e. The van der Waals surface area contributed by atoms with Crippen molar-refractivity contribution >= 4 is 21.9 Å². The summed E-state index contributed by atoms with van der Waals surface area (Å²) in [6, 6.07) is 10.7. The molecule has 8 heteroatoms. The number of hydrogen-bond donors (Lipinski definition) is 2. The quantitative estimate of drug-likeness (QED) is 0.558. The molecule has 0 unspecified atom stereocenters. The first-order valence-corrected chi connectivity index (χ1v) is 8.78. The second-order valence-corrected chi connectivity index (χ2v) is 6.54. The Morgan fingerprint density at radius 3 is 2.68 bits per heavy atom. The summed E-state index contributed by atoms with van der Waals surface area (Å²) in [5.41, 5.74) is 6.34. The summed E-state index contributed by atoms with van der Waals surface area (Å²) in [4.78, 5) is 19.5. The highest BCUT2D eigenvalue weighted by atomic mass is 19.4. The van der Waals surface area contributed by atoms with E-state index in [9.17, 15) is 18.0 Å². The van der Waals surface area contributed by atoms with Crippen LogP contribution in [-0.2, 0) is 12.7 Å². The summed E-state index contributed by atoms with van der Waals surface area (Å²) in [6.45, 7) is 1.23. The zero-order chi connectivity index (χ0) is 19.9. The Balaban J connectivity index is 1.90. The fourth-order valence-electron chi connectivity index (χ4n) is 3.33. The Bertz CT molecular complexity index is 1220. The van der Waals surface area contributed by atoms with Crippen LogP contribution in [0.25, 0.3) is 33.2 Å². The van der Waals surface area contributed by atoms with Gasteiger partial charge in [-0.15, -0.1) is 0 Å². The molecule has 0 aliphatic rings. The van der Waals surface area contributed by atoms with E-state index in [2.05, 4.69) is 9.97 Å². The molecule has 28 heavy (non-hydrogen) atoms. The van der Waals surface area contributed by atoms with E-state index in [0.29, 0.717) is 24.2 Å². The highest BCUT2D eigenvalue weighted by Gasteiger charge is 2.30. The molecule has 3 N–H and O–H groups in total. The molecule has 0 aliphatic heterocycles. The molecule has 0 bridgehead atoms. The second kappa shape index (κ2) is 6.79. The Morgan fingerprint density at radius 2 is 1.93 bits per heavy atom. The van der Waals surface area contributed by atoms with Crippen LogP contribution in [0.1, 0.15) is 12.0 Å². The van der Waals surface area contributed by atoms with Gasteiger partial charge >= 0.3 is 6.18 Å². The minimum atomic E-state index is -4.49. The largest absolute Gasteiger partial charge is 0.416 e. The van der Waals surface area contributed by atoms with Gasteiger partial charge in [-0.2, -0.15) is 13.2 Å². The lowest BCUT2D eigenvalue weighted by Crippen LogP contribution is -2.12. The van der Waals surface area contributed by atoms with Gasteiger partial charge < -0.3 is 15.3 Å². The molecule has 4 rings (SSSR count). The number of alkyl halides is 3. The van der Waals surface area contributed by atoms with Gasteiger partial charge in [0, 0.05) is 29.2 Å². The average molecular weight is 386 g/mol. The van der Waals surface area contributed by atoms with E-state index < -0.39 is 17.3 Å². The topological polar surface area (TPSA) is 76.7 Å². The zero-order valence-corrected chi connectivity index (χ0v) is 14.8. The molecule has 2 heterocycles. The molecule has 144 valence electrons. The molecule has 0 saturated carbocycles. The minimum Gasteiger partial charge on any atom is -0.347 e. The molecule has 0 fully saturated rings. The van der Waals surface area contributed by atoms with Gasteiger partial charge in [0.15, 0.2) is 0 Å². The summed E-state index contributed by atoms with van der Waals surface area (Å²) >= 11 is 0. The van der Waals surface area contributed by atoms with Crippen molar-refractivity contribution in [1.29, 1.82) is 0 Å². The molecule has 2 aromatic heterocycles. The van der Waals surface area contributed by atoms with Crippen LogP contribution >= 0.6 is 0 Å². The number of rotatable bonds is 4. The predicted molar refractivity (Wildman–Crippen MR) is 102 cm³/mol. The lowest BCUT2D eigenvalue weighted by molar-refractivity contribution is -0.137. The van der Waals surface area contributed by atoms with Crippen molar-refractivity contribution in [3.8, 4) is 11.3 Å². The van der Waals surface area contributed by atoms with Gasteiger partial charge in [0.25, 0.3) is 5.56 Å². The monoisotopic (exact) mass is 386 g/mol. The molecule has 0 spiro atoms. The van der Waals surface area contributed by atoms with Gasteiger partial charge in [-0.1, -0.05) is 18.2 Å². The van der Waals surface area contributed by atoms with Crippen molar-refractivity contribution in [2.45, 2.75) is 19.1 Å². The normalized spacial score (nSPS) is 12.1.